The first-order chi connectivity index (χ1) is 14.0. The van der Waals surface area contributed by atoms with E-state index in [1.54, 1.807) is 37.4 Å². The molecular formula is C22H19FN2O4. The Morgan fingerprint density at radius 3 is 2.34 bits per heavy atom. The third-order valence-corrected chi connectivity index (χ3v) is 4.38. The van der Waals surface area contributed by atoms with Gasteiger partial charge in [-0.05, 0) is 48.0 Å². The molecule has 148 valence electrons. The summed E-state index contributed by atoms with van der Waals surface area (Å²) in [6.07, 6.45) is 1.38. The van der Waals surface area contributed by atoms with Crippen molar-refractivity contribution in [2.45, 2.75) is 12.6 Å². The number of benzene rings is 2. The normalized spacial score (nSPS) is 11.5. The lowest BCUT2D eigenvalue weighted by atomic mass is 10.0. The van der Waals surface area contributed by atoms with E-state index in [-0.39, 0.29) is 12.1 Å². The maximum atomic E-state index is 13.2. The van der Waals surface area contributed by atoms with E-state index in [0.29, 0.717) is 5.75 Å². The molecule has 0 spiro atoms. The predicted molar refractivity (Wildman–Crippen MR) is 105 cm³/mol. The summed E-state index contributed by atoms with van der Waals surface area (Å²) in [4.78, 5) is 38.1. The third kappa shape index (κ3) is 4.76. The summed E-state index contributed by atoms with van der Waals surface area (Å²) in [7, 11) is 1.56. The van der Waals surface area contributed by atoms with Gasteiger partial charge in [-0.2, -0.15) is 0 Å². The minimum absolute atomic E-state index is 0.131. The Morgan fingerprint density at radius 1 is 1.03 bits per heavy atom. The van der Waals surface area contributed by atoms with Crippen LogP contribution in [0, 0.1) is 5.82 Å². The van der Waals surface area contributed by atoms with Crippen molar-refractivity contribution in [3.63, 3.8) is 0 Å². The van der Waals surface area contributed by atoms with Crippen molar-refractivity contribution >= 4 is 11.7 Å². The fourth-order valence-electron chi connectivity index (χ4n) is 2.83. The molecule has 1 atom stereocenters. The number of halogens is 1. The smallest absolute Gasteiger partial charge is 0.251 e. The maximum absolute atomic E-state index is 13.2. The number of carbonyl (C=O) groups excluding carboxylic acids is 2. The van der Waals surface area contributed by atoms with E-state index < -0.39 is 29.1 Å². The van der Waals surface area contributed by atoms with Crippen LogP contribution in [0.4, 0.5) is 4.39 Å². The molecule has 0 fully saturated rings. The Labute approximate surface area is 166 Å². The molecule has 1 N–H and O–H groups in total. The highest BCUT2D eigenvalue weighted by Crippen LogP contribution is 2.16. The zero-order valence-corrected chi connectivity index (χ0v) is 15.7. The van der Waals surface area contributed by atoms with Crippen LogP contribution in [0.3, 0.4) is 0 Å². The SMILES string of the molecule is COc1ccc(CNC(=O)[C@H](C(=O)c2ccc(F)cc2)n2ccccc2=O)cc1. The van der Waals surface area contributed by atoms with E-state index in [9.17, 15) is 18.8 Å². The molecular weight excluding hydrogens is 375 g/mol. The maximum Gasteiger partial charge on any atom is 0.251 e. The Balaban J connectivity index is 1.86. The van der Waals surface area contributed by atoms with Gasteiger partial charge in [0.15, 0.2) is 11.8 Å². The number of nitrogens with one attached hydrogen (secondary N) is 1. The number of amides is 1. The second kappa shape index (κ2) is 8.97. The second-order valence-corrected chi connectivity index (χ2v) is 6.29. The molecule has 0 aliphatic carbocycles. The van der Waals surface area contributed by atoms with Gasteiger partial charge in [-0.1, -0.05) is 18.2 Å². The highest BCUT2D eigenvalue weighted by atomic mass is 19.1. The minimum Gasteiger partial charge on any atom is -0.497 e. The van der Waals surface area contributed by atoms with Crippen LogP contribution >= 0.6 is 0 Å². The molecule has 1 aromatic heterocycles. The number of hydrogen-bond acceptors (Lipinski definition) is 4. The number of hydrogen-bond donors (Lipinski definition) is 1. The topological polar surface area (TPSA) is 77.4 Å². The molecule has 2 aromatic carbocycles. The standard InChI is InChI=1S/C22H19FN2O4/c1-29-18-11-5-15(6-12-18)14-24-22(28)20(25-13-3-2-4-19(25)26)21(27)16-7-9-17(23)10-8-16/h2-13,20H,14H2,1H3,(H,24,28)/t20-/m0/s1. The Kier molecular flexibility index (Phi) is 6.19. The van der Waals surface area contributed by atoms with E-state index >= 15 is 0 Å². The summed E-state index contributed by atoms with van der Waals surface area (Å²) in [5.41, 5.74) is 0.437. The van der Waals surface area contributed by atoms with Crippen molar-refractivity contribution in [1.82, 2.24) is 9.88 Å². The number of Topliss-reactive ketones (excluding diaryl/α,β-unsaturated/α-hetero) is 1. The lowest BCUT2D eigenvalue weighted by molar-refractivity contribution is -0.123. The summed E-state index contributed by atoms with van der Waals surface area (Å²) < 4.78 is 19.4. The average Bonchev–Trinajstić information content (AvgIpc) is 2.74. The van der Waals surface area contributed by atoms with Gasteiger partial charge in [0.05, 0.1) is 7.11 Å². The molecule has 0 aliphatic rings. The molecule has 3 rings (SSSR count). The van der Waals surface area contributed by atoms with E-state index in [2.05, 4.69) is 5.32 Å². The third-order valence-electron chi connectivity index (χ3n) is 4.38. The number of rotatable bonds is 7. The highest BCUT2D eigenvalue weighted by Gasteiger charge is 2.30. The van der Waals surface area contributed by atoms with Gasteiger partial charge in [0, 0.05) is 24.4 Å². The van der Waals surface area contributed by atoms with E-state index in [4.69, 9.17) is 4.74 Å². The van der Waals surface area contributed by atoms with Gasteiger partial charge < -0.3 is 10.1 Å². The lowest BCUT2D eigenvalue weighted by Crippen LogP contribution is -2.41. The first-order valence-corrected chi connectivity index (χ1v) is 8.87. The van der Waals surface area contributed by atoms with Crippen LogP contribution in [-0.4, -0.2) is 23.4 Å². The fraction of sp³-hybridized carbons (Fsp3) is 0.136. The molecule has 0 saturated carbocycles. The molecule has 1 heterocycles. The monoisotopic (exact) mass is 394 g/mol. The van der Waals surface area contributed by atoms with Gasteiger partial charge >= 0.3 is 0 Å². The van der Waals surface area contributed by atoms with Gasteiger partial charge in [0.1, 0.15) is 11.6 Å². The zero-order valence-electron chi connectivity index (χ0n) is 15.7. The lowest BCUT2D eigenvalue weighted by Gasteiger charge is -2.18. The number of ketones is 1. The summed E-state index contributed by atoms with van der Waals surface area (Å²) in [6, 6.07) is 14.8. The predicted octanol–water partition coefficient (Wildman–Crippen LogP) is 2.74. The zero-order chi connectivity index (χ0) is 20.8. The van der Waals surface area contributed by atoms with Crippen molar-refractivity contribution in [2.24, 2.45) is 0 Å². The number of pyridine rings is 1. The second-order valence-electron chi connectivity index (χ2n) is 6.29. The van der Waals surface area contributed by atoms with Crippen molar-refractivity contribution in [2.75, 3.05) is 7.11 Å². The summed E-state index contributed by atoms with van der Waals surface area (Å²) in [5.74, 6) is -1.06. The van der Waals surface area contributed by atoms with E-state index in [1.165, 1.54) is 30.5 Å². The average molecular weight is 394 g/mol. The van der Waals surface area contributed by atoms with Crippen molar-refractivity contribution in [1.29, 1.82) is 0 Å². The quantitative estimate of drug-likeness (QED) is 0.494. The van der Waals surface area contributed by atoms with Gasteiger partial charge in [0.2, 0.25) is 0 Å². The van der Waals surface area contributed by atoms with Crippen LogP contribution < -0.4 is 15.6 Å². The summed E-state index contributed by atoms with van der Waals surface area (Å²) in [5, 5.41) is 2.69. The van der Waals surface area contributed by atoms with Crippen LogP contribution in [0.5, 0.6) is 5.75 Å². The van der Waals surface area contributed by atoms with Crippen LogP contribution in [0.25, 0.3) is 0 Å². The molecule has 0 aliphatic heterocycles. The molecule has 3 aromatic rings. The van der Waals surface area contributed by atoms with E-state index in [1.807, 2.05) is 0 Å². The number of aromatic nitrogens is 1. The summed E-state index contributed by atoms with van der Waals surface area (Å²) >= 11 is 0. The number of carbonyl (C=O) groups is 2. The molecule has 7 heteroatoms. The van der Waals surface area contributed by atoms with Gasteiger partial charge in [0.25, 0.3) is 11.5 Å². The molecule has 0 unspecified atom stereocenters. The van der Waals surface area contributed by atoms with Crippen LogP contribution in [0.15, 0.2) is 77.7 Å². The Bertz CT molecular complexity index is 1060. The van der Waals surface area contributed by atoms with Crippen LogP contribution in [-0.2, 0) is 11.3 Å². The van der Waals surface area contributed by atoms with Gasteiger partial charge in [-0.3, -0.25) is 19.0 Å². The molecule has 6 nitrogen and oxygen atoms in total. The Hall–Kier alpha value is -3.74. The highest BCUT2D eigenvalue weighted by molar-refractivity contribution is 6.11. The van der Waals surface area contributed by atoms with E-state index in [0.717, 1.165) is 22.3 Å². The minimum atomic E-state index is -1.41. The first-order valence-electron chi connectivity index (χ1n) is 8.87. The molecule has 0 radical (unpaired) electrons. The van der Waals surface area contributed by atoms with Crippen molar-refractivity contribution in [3.8, 4) is 5.75 Å². The number of methoxy groups -OCH3 is 1. The van der Waals surface area contributed by atoms with Crippen LogP contribution in [0.2, 0.25) is 0 Å². The Morgan fingerprint density at radius 2 is 1.72 bits per heavy atom. The van der Waals surface area contributed by atoms with Crippen molar-refractivity contribution in [3.05, 3.63) is 100 Å². The van der Waals surface area contributed by atoms with Crippen molar-refractivity contribution < 1.29 is 18.7 Å². The van der Waals surface area contributed by atoms with Gasteiger partial charge in [-0.15, -0.1) is 0 Å². The number of nitrogens with zero attached hydrogens (tertiary/aromatic N) is 1. The number of ether oxygens (including phenoxy) is 1. The first kappa shape index (κ1) is 20.0. The van der Waals surface area contributed by atoms with Crippen LogP contribution in [0.1, 0.15) is 22.0 Å². The molecule has 29 heavy (non-hydrogen) atoms. The fourth-order valence-corrected chi connectivity index (χ4v) is 2.83. The molecule has 1 amide bonds. The largest absolute Gasteiger partial charge is 0.497 e. The van der Waals surface area contributed by atoms with Gasteiger partial charge in [-0.25, -0.2) is 4.39 Å². The molecule has 0 saturated heterocycles. The molecule has 0 bridgehead atoms. The summed E-state index contributed by atoms with van der Waals surface area (Å²) in [6.45, 7) is 0.164.